The Bertz CT molecular complexity index is 667. The molecule has 0 saturated heterocycles. The van der Waals surface area contributed by atoms with E-state index in [2.05, 4.69) is 45.9 Å². The maximum Gasteiger partial charge on any atom is 0.249 e. The minimum atomic E-state index is -0.381. The van der Waals surface area contributed by atoms with Crippen LogP contribution in [0.15, 0.2) is 48.5 Å². The van der Waals surface area contributed by atoms with Gasteiger partial charge in [0.2, 0.25) is 5.91 Å². The standard InChI is InChI=1S/C20H25NO/c1-14(13-20(2,3)4)15-9-5-6-10-16(15)17-11-7-8-12-18(17)19(21)22/h5-12,14H,13H2,1-4H3,(H2,21,22). The Morgan fingerprint density at radius 3 is 2.14 bits per heavy atom. The molecule has 2 N–H and O–H groups in total. The average molecular weight is 295 g/mol. The van der Waals surface area contributed by atoms with Crippen LogP contribution in [0.25, 0.3) is 11.1 Å². The average Bonchev–Trinajstić information content (AvgIpc) is 2.45. The van der Waals surface area contributed by atoms with E-state index in [9.17, 15) is 4.79 Å². The third kappa shape index (κ3) is 3.76. The van der Waals surface area contributed by atoms with Crippen molar-refractivity contribution in [1.82, 2.24) is 0 Å². The molecule has 0 aliphatic rings. The SMILES string of the molecule is CC(CC(C)(C)C)c1ccccc1-c1ccccc1C(N)=O. The Morgan fingerprint density at radius 1 is 1.00 bits per heavy atom. The lowest BCUT2D eigenvalue weighted by molar-refractivity contribution is 0.100. The van der Waals surface area contributed by atoms with Crippen LogP contribution >= 0.6 is 0 Å². The zero-order chi connectivity index (χ0) is 16.3. The number of nitrogens with two attached hydrogens (primary N) is 1. The molecule has 0 radical (unpaired) electrons. The summed E-state index contributed by atoms with van der Waals surface area (Å²) in [4.78, 5) is 11.7. The number of amides is 1. The Balaban J connectivity index is 2.52. The number of carbonyl (C=O) groups is 1. The van der Waals surface area contributed by atoms with Gasteiger partial charge in [0.1, 0.15) is 0 Å². The van der Waals surface area contributed by atoms with Gasteiger partial charge in [-0.1, -0.05) is 70.2 Å². The molecule has 1 unspecified atom stereocenters. The first kappa shape index (κ1) is 16.3. The fraction of sp³-hybridized carbons (Fsp3) is 0.350. The van der Waals surface area contributed by atoms with Gasteiger partial charge in [0.15, 0.2) is 0 Å². The monoisotopic (exact) mass is 295 g/mol. The van der Waals surface area contributed by atoms with Gasteiger partial charge in [-0.25, -0.2) is 0 Å². The van der Waals surface area contributed by atoms with E-state index in [1.54, 1.807) is 6.07 Å². The molecule has 1 amide bonds. The summed E-state index contributed by atoms with van der Waals surface area (Å²) in [5.74, 6) is 0.0333. The Morgan fingerprint density at radius 2 is 1.55 bits per heavy atom. The largest absolute Gasteiger partial charge is 0.366 e. The summed E-state index contributed by atoms with van der Waals surface area (Å²) >= 11 is 0. The van der Waals surface area contributed by atoms with Crippen LogP contribution in [0, 0.1) is 5.41 Å². The second-order valence-corrected chi connectivity index (χ2v) is 7.16. The fourth-order valence-corrected chi connectivity index (χ4v) is 3.13. The van der Waals surface area contributed by atoms with Crippen LogP contribution in [-0.2, 0) is 0 Å². The number of hydrogen-bond acceptors (Lipinski definition) is 1. The van der Waals surface area contributed by atoms with Gasteiger partial charge in [-0.05, 0) is 40.5 Å². The molecule has 2 aromatic carbocycles. The quantitative estimate of drug-likeness (QED) is 0.848. The van der Waals surface area contributed by atoms with Crippen molar-refractivity contribution in [3.63, 3.8) is 0 Å². The molecule has 0 aliphatic carbocycles. The predicted octanol–water partition coefficient (Wildman–Crippen LogP) is 4.99. The third-order valence-electron chi connectivity index (χ3n) is 3.89. The van der Waals surface area contributed by atoms with Gasteiger partial charge in [-0.15, -0.1) is 0 Å². The number of hydrogen-bond donors (Lipinski definition) is 1. The zero-order valence-corrected chi connectivity index (χ0v) is 13.9. The van der Waals surface area contributed by atoms with Crippen LogP contribution in [0.4, 0.5) is 0 Å². The van der Waals surface area contributed by atoms with Crippen molar-refractivity contribution < 1.29 is 4.79 Å². The van der Waals surface area contributed by atoms with Gasteiger partial charge < -0.3 is 5.73 Å². The summed E-state index contributed by atoms with van der Waals surface area (Å²) in [6.07, 6.45) is 1.09. The molecular weight excluding hydrogens is 270 g/mol. The number of carbonyl (C=O) groups excluding carboxylic acids is 1. The second kappa shape index (κ2) is 6.35. The van der Waals surface area contributed by atoms with E-state index in [-0.39, 0.29) is 11.3 Å². The lowest BCUT2D eigenvalue weighted by atomic mass is 9.80. The first-order valence-corrected chi connectivity index (χ1v) is 7.78. The van der Waals surface area contributed by atoms with Crippen molar-refractivity contribution in [1.29, 1.82) is 0 Å². The molecule has 1 atom stereocenters. The third-order valence-corrected chi connectivity index (χ3v) is 3.89. The van der Waals surface area contributed by atoms with E-state index < -0.39 is 0 Å². The smallest absolute Gasteiger partial charge is 0.249 e. The Labute approximate surface area is 133 Å². The van der Waals surface area contributed by atoms with Crippen molar-refractivity contribution >= 4 is 5.91 Å². The molecule has 0 fully saturated rings. The Kier molecular flexibility index (Phi) is 4.70. The normalized spacial score (nSPS) is 12.9. The molecule has 0 spiro atoms. The molecular formula is C20H25NO. The maximum atomic E-state index is 11.7. The lowest BCUT2D eigenvalue weighted by Gasteiger charge is -2.25. The summed E-state index contributed by atoms with van der Waals surface area (Å²) < 4.78 is 0. The molecule has 0 aromatic heterocycles. The van der Waals surface area contributed by atoms with E-state index in [4.69, 9.17) is 5.73 Å². The summed E-state index contributed by atoms with van der Waals surface area (Å²) in [5, 5.41) is 0. The highest BCUT2D eigenvalue weighted by atomic mass is 16.1. The van der Waals surface area contributed by atoms with Crippen LogP contribution in [0.5, 0.6) is 0 Å². The van der Waals surface area contributed by atoms with Gasteiger partial charge in [0, 0.05) is 5.56 Å². The molecule has 0 aliphatic heterocycles. The minimum absolute atomic E-state index is 0.260. The van der Waals surface area contributed by atoms with Crippen LogP contribution < -0.4 is 5.73 Å². The van der Waals surface area contributed by atoms with Crippen molar-refractivity contribution in [2.45, 2.75) is 40.0 Å². The summed E-state index contributed by atoms with van der Waals surface area (Å²) in [6.45, 7) is 9.01. The van der Waals surface area contributed by atoms with Gasteiger partial charge in [-0.2, -0.15) is 0 Å². The number of benzene rings is 2. The van der Waals surface area contributed by atoms with Crippen molar-refractivity contribution in [2.24, 2.45) is 11.1 Å². The number of primary amides is 1. The first-order valence-electron chi connectivity index (χ1n) is 7.78. The van der Waals surface area contributed by atoms with Crippen LogP contribution in [0.2, 0.25) is 0 Å². The second-order valence-electron chi connectivity index (χ2n) is 7.16. The van der Waals surface area contributed by atoms with Gasteiger partial charge >= 0.3 is 0 Å². The molecule has 22 heavy (non-hydrogen) atoms. The molecule has 2 rings (SSSR count). The van der Waals surface area contributed by atoms with E-state index in [0.29, 0.717) is 11.5 Å². The van der Waals surface area contributed by atoms with Gasteiger partial charge in [0.05, 0.1) is 0 Å². The number of rotatable bonds is 4. The van der Waals surface area contributed by atoms with E-state index in [1.165, 1.54) is 5.56 Å². The van der Waals surface area contributed by atoms with E-state index in [1.807, 2.05) is 24.3 Å². The van der Waals surface area contributed by atoms with Crippen LogP contribution in [-0.4, -0.2) is 5.91 Å². The van der Waals surface area contributed by atoms with E-state index >= 15 is 0 Å². The zero-order valence-electron chi connectivity index (χ0n) is 13.9. The highest BCUT2D eigenvalue weighted by Crippen LogP contribution is 2.37. The minimum Gasteiger partial charge on any atom is -0.366 e. The molecule has 2 nitrogen and oxygen atoms in total. The van der Waals surface area contributed by atoms with Gasteiger partial charge in [0.25, 0.3) is 0 Å². The lowest BCUT2D eigenvalue weighted by Crippen LogP contribution is -2.13. The Hall–Kier alpha value is -2.09. The van der Waals surface area contributed by atoms with Crippen LogP contribution in [0.3, 0.4) is 0 Å². The molecule has 116 valence electrons. The predicted molar refractivity (Wildman–Crippen MR) is 92.9 cm³/mol. The molecule has 0 heterocycles. The van der Waals surface area contributed by atoms with Crippen molar-refractivity contribution in [3.8, 4) is 11.1 Å². The first-order chi connectivity index (χ1) is 10.3. The molecule has 2 heteroatoms. The molecule has 0 bridgehead atoms. The molecule has 0 saturated carbocycles. The van der Waals surface area contributed by atoms with Crippen molar-refractivity contribution in [3.05, 3.63) is 59.7 Å². The topological polar surface area (TPSA) is 43.1 Å². The van der Waals surface area contributed by atoms with E-state index in [0.717, 1.165) is 17.5 Å². The maximum absolute atomic E-state index is 11.7. The highest BCUT2D eigenvalue weighted by Gasteiger charge is 2.20. The molecule has 2 aromatic rings. The summed E-state index contributed by atoms with van der Waals surface area (Å²) in [6, 6.07) is 15.9. The summed E-state index contributed by atoms with van der Waals surface area (Å²) in [5.41, 5.74) is 9.68. The summed E-state index contributed by atoms with van der Waals surface area (Å²) in [7, 11) is 0. The highest BCUT2D eigenvalue weighted by molar-refractivity contribution is 6.00. The van der Waals surface area contributed by atoms with Gasteiger partial charge in [-0.3, -0.25) is 4.79 Å². The fourth-order valence-electron chi connectivity index (χ4n) is 3.13. The van der Waals surface area contributed by atoms with Crippen molar-refractivity contribution in [2.75, 3.05) is 0 Å². The van der Waals surface area contributed by atoms with Crippen LogP contribution in [0.1, 0.15) is 56.0 Å².